The first-order valence-electron chi connectivity index (χ1n) is 7.58. The van der Waals surface area contributed by atoms with Crippen LogP contribution in [0.2, 0.25) is 0 Å². The number of hydrogen-bond acceptors (Lipinski definition) is 5. The fourth-order valence-corrected chi connectivity index (χ4v) is 3.47. The molecule has 0 aromatic heterocycles. The summed E-state index contributed by atoms with van der Waals surface area (Å²) in [5, 5.41) is 10.9. The molecule has 1 saturated carbocycles. The van der Waals surface area contributed by atoms with Crippen LogP contribution in [0.15, 0.2) is 0 Å². The van der Waals surface area contributed by atoms with Crippen LogP contribution in [-0.2, 0) is 14.3 Å². The summed E-state index contributed by atoms with van der Waals surface area (Å²) in [6.45, 7) is 4.11. The van der Waals surface area contributed by atoms with Crippen LogP contribution < -0.4 is 5.32 Å². The van der Waals surface area contributed by atoms with E-state index in [4.69, 9.17) is 10.1 Å². The summed E-state index contributed by atoms with van der Waals surface area (Å²) < 4.78 is 5.42. The molecule has 0 spiro atoms. The molecule has 2 N–H and O–H groups in total. The van der Waals surface area contributed by atoms with Crippen molar-refractivity contribution in [3.8, 4) is 0 Å². The first-order chi connectivity index (χ1) is 9.97. The first kappa shape index (κ1) is 18.2. The van der Waals surface area contributed by atoms with E-state index in [1.165, 1.54) is 11.8 Å². The molecule has 21 heavy (non-hydrogen) atoms. The Morgan fingerprint density at radius 1 is 1.48 bits per heavy atom. The standard InChI is InChI=1S/C15H26N2O3S/c1-4-5-13(20-3)10(2)21-15(16)17-14(19)11-6-8-12(18)9-7-11/h10-11,13H,4-9H2,1-3H3,(H2,16,17,19)/t10-,13?/m0/s1. The summed E-state index contributed by atoms with van der Waals surface area (Å²) in [7, 11) is 1.68. The molecule has 0 bridgehead atoms. The Morgan fingerprint density at radius 3 is 2.62 bits per heavy atom. The summed E-state index contributed by atoms with van der Waals surface area (Å²) in [5.74, 6) is -0.0240. The van der Waals surface area contributed by atoms with Crippen molar-refractivity contribution in [2.24, 2.45) is 5.92 Å². The van der Waals surface area contributed by atoms with Crippen molar-refractivity contribution in [1.29, 1.82) is 5.41 Å². The second-order valence-corrected chi connectivity index (χ2v) is 6.90. The van der Waals surface area contributed by atoms with E-state index in [9.17, 15) is 9.59 Å². The Bertz CT molecular complexity index is 377. The lowest BCUT2D eigenvalue weighted by Gasteiger charge is -2.23. The van der Waals surface area contributed by atoms with Gasteiger partial charge >= 0.3 is 0 Å². The van der Waals surface area contributed by atoms with Crippen molar-refractivity contribution in [2.45, 2.75) is 63.7 Å². The van der Waals surface area contributed by atoms with E-state index in [0.29, 0.717) is 25.7 Å². The number of ether oxygens (including phenoxy) is 1. The predicted molar refractivity (Wildman–Crippen MR) is 85.6 cm³/mol. The molecule has 1 aliphatic carbocycles. The topological polar surface area (TPSA) is 79.2 Å². The quantitative estimate of drug-likeness (QED) is 0.583. The number of thioether (sulfide) groups is 1. The lowest BCUT2D eigenvalue weighted by Crippen LogP contribution is -2.37. The maximum Gasteiger partial charge on any atom is 0.229 e. The maximum atomic E-state index is 12.1. The fraction of sp³-hybridized carbons (Fsp3) is 0.800. The van der Waals surface area contributed by atoms with E-state index in [2.05, 4.69) is 12.2 Å². The molecule has 1 fully saturated rings. The summed E-state index contributed by atoms with van der Waals surface area (Å²) in [5.41, 5.74) is 0. The lowest BCUT2D eigenvalue weighted by atomic mass is 9.88. The largest absolute Gasteiger partial charge is 0.380 e. The highest BCUT2D eigenvalue weighted by Gasteiger charge is 2.26. The van der Waals surface area contributed by atoms with Crippen LogP contribution in [0.3, 0.4) is 0 Å². The number of methoxy groups -OCH3 is 1. The van der Waals surface area contributed by atoms with Crippen molar-refractivity contribution in [3.63, 3.8) is 0 Å². The normalized spacial score (nSPS) is 19.1. The highest BCUT2D eigenvalue weighted by molar-refractivity contribution is 8.14. The number of carbonyl (C=O) groups is 2. The van der Waals surface area contributed by atoms with Crippen LogP contribution in [0.5, 0.6) is 0 Å². The van der Waals surface area contributed by atoms with Gasteiger partial charge in [-0.15, -0.1) is 0 Å². The van der Waals surface area contributed by atoms with Gasteiger partial charge in [0.2, 0.25) is 5.91 Å². The van der Waals surface area contributed by atoms with E-state index in [1.807, 2.05) is 6.92 Å². The molecule has 0 saturated heterocycles. The third-order valence-electron chi connectivity index (χ3n) is 3.85. The van der Waals surface area contributed by atoms with Gasteiger partial charge in [0, 0.05) is 31.1 Å². The number of carbonyl (C=O) groups excluding carboxylic acids is 2. The van der Waals surface area contributed by atoms with Crippen molar-refractivity contribution < 1.29 is 14.3 Å². The lowest BCUT2D eigenvalue weighted by molar-refractivity contribution is -0.127. The van der Waals surface area contributed by atoms with Gasteiger partial charge in [0.05, 0.1) is 6.10 Å². The Kier molecular flexibility index (Phi) is 7.96. The maximum absolute atomic E-state index is 12.1. The average Bonchev–Trinajstić information content (AvgIpc) is 2.44. The van der Waals surface area contributed by atoms with Gasteiger partial charge in [0.25, 0.3) is 0 Å². The van der Waals surface area contributed by atoms with E-state index >= 15 is 0 Å². The second-order valence-electron chi connectivity index (χ2n) is 5.52. The number of ketones is 1. The zero-order valence-corrected chi connectivity index (χ0v) is 13.9. The molecule has 0 aliphatic heterocycles. The SMILES string of the molecule is CCCC(OC)[C@H](C)SC(=N)NC(=O)C1CCC(=O)CC1. The Morgan fingerprint density at radius 2 is 2.10 bits per heavy atom. The molecule has 120 valence electrons. The van der Waals surface area contributed by atoms with Gasteiger partial charge in [-0.25, -0.2) is 0 Å². The second kappa shape index (κ2) is 9.20. The van der Waals surface area contributed by atoms with E-state index in [-0.39, 0.29) is 34.1 Å². The van der Waals surface area contributed by atoms with Crippen LogP contribution in [0.1, 0.15) is 52.4 Å². The minimum Gasteiger partial charge on any atom is -0.380 e. The Balaban J connectivity index is 2.38. The molecule has 1 aliphatic rings. The summed E-state index contributed by atoms with van der Waals surface area (Å²) in [6, 6.07) is 0. The van der Waals surface area contributed by atoms with Gasteiger partial charge in [0.1, 0.15) is 5.78 Å². The highest BCUT2D eigenvalue weighted by atomic mass is 32.2. The number of amides is 1. The predicted octanol–water partition coefficient (Wildman–Crippen LogP) is 2.73. The number of amidine groups is 1. The van der Waals surface area contributed by atoms with Gasteiger partial charge < -0.3 is 10.1 Å². The number of nitrogens with one attached hydrogen (secondary N) is 2. The molecule has 6 heteroatoms. The molecule has 1 rings (SSSR count). The van der Waals surface area contributed by atoms with Crippen LogP contribution >= 0.6 is 11.8 Å². The molecule has 0 radical (unpaired) electrons. The Labute approximate surface area is 131 Å². The van der Waals surface area contributed by atoms with Crippen molar-refractivity contribution >= 4 is 28.6 Å². The van der Waals surface area contributed by atoms with Crippen molar-refractivity contribution in [1.82, 2.24) is 5.32 Å². The summed E-state index contributed by atoms with van der Waals surface area (Å²) in [4.78, 5) is 23.2. The zero-order valence-electron chi connectivity index (χ0n) is 13.1. The van der Waals surface area contributed by atoms with E-state index in [0.717, 1.165) is 12.8 Å². The zero-order chi connectivity index (χ0) is 15.8. The van der Waals surface area contributed by atoms with E-state index in [1.54, 1.807) is 7.11 Å². The molecule has 0 aromatic rings. The van der Waals surface area contributed by atoms with Gasteiger partial charge in [-0.1, -0.05) is 32.0 Å². The van der Waals surface area contributed by atoms with Crippen LogP contribution in [-0.4, -0.2) is 35.3 Å². The molecular formula is C15H26N2O3S. The van der Waals surface area contributed by atoms with Gasteiger partial charge in [0.15, 0.2) is 5.17 Å². The summed E-state index contributed by atoms with van der Waals surface area (Å²) >= 11 is 1.32. The van der Waals surface area contributed by atoms with Crippen LogP contribution in [0, 0.1) is 11.3 Å². The molecule has 5 nitrogen and oxygen atoms in total. The van der Waals surface area contributed by atoms with Crippen LogP contribution in [0.25, 0.3) is 0 Å². The van der Waals surface area contributed by atoms with Gasteiger partial charge in [-0.05, 0) is 19.3 Å². The number of hydrogen-bond donors (Lipinski definition) is 2. The molecule has 0 heterocycles. The molecule has 1 unspecified atom stereocenters. The first-order valence-corrected chi connectivity index (χ1v) is 8.46. The number of rotatable bonds is 6. The third-order valence-corrected chi connectivity index (χ3v) is 4.87. The highest BCUT2D eigenvalue weighted by Crippen LogP contribution is 2.23. The van der Waals surface area contributed by atoms with Crippen molar-refractivity contribution in [2.75, 3.05) is 7.11 Å². The fourth-order valence-electron chi connectivity index (χ4n) is 2.54. The minimum absolute atomic E-state index is 0.0876. The molecule has 1 amide bonds. The monoisotopic (exact) mass is 314 g/mol. The minimum atomic E-state index is -0.132. The van der Waals surface area contributed by atoms with Gasteiger partial charge in [-0.3, -0.25) is 15.0 Å². The molecule has 0 aromatic carbocycles. The number of Topliss-reactive ketones (excluding diaryl/α,β-unsaturated/α-hetero) is 1. The Hall–Kier alpha value is -0.880. The van der Waals surface area contributed by atoms with E-state index < -0.39 is 0 Å². The van der Waals surface area contributed by atoms with Crippen LogP contribution in [0.4, 0.5) is 0 Å². The average molecular weight is 314 g/mol. The van der Waals surface area contributed by atoms with Crippen molar-refractivity contribution in [3.05, 3.63) is 0 Å². The molecule has 2 atom stereocenters. The smallest absolute Gasteiger partial charge is 0.229 e. The molecular weight excluding hydrogens is 288 g/mol. The summed E-state index contributed by atoms with van der Waals surface area (Å²) in [6.07, 6.45) is 4.23. The third kappa shape index (κ3) is 6.18. The van der Waals surface area contributed by atoms with Gasteiger partial charge in [-0.2, -0.15) is 0 Å².